The SMILES string of the molecule is Cc1cccc(CC2S/C(=C(/C#N)C(=O)Nc3cc(Cl)ccc3Cl)N(c3ccccc3)C2=O)c1. The van der Waals surface area contributed by atoms with Crippen LogP contribution < -0.4 is 10.2 Å². The van der Waals surface area contributed by atoms with E-state index >= 15 is 0 Å². The van der Waals surface area contributed by atoms with Crippen molar-refractivity contribution in [2.75, 3.05) is 10.2 Å². The van der Waals surface area contributed by atoms with Crippen molar-refractivity contribution in [3.63, 3.8) is 0 Å². The zero-order valence-corrected chi connectivity index (χ0v) is 20.4. The maximum Gasteiger partial charge on any atom is 0.269 e. The van der Waals surface area contributed by atoms with Crippen LogP contribution in [0.15, 0.2) is 83.4 Å². The number of benzene rings is 3. The first-order valence-electron chi connectivity index (χ1n) is 10.4. The van der Waals surface area contributed by atoms with E-state index in [1.54, 1.807) is 36.4 Å². The highest BCUT2D eigenvalue weighted by Gasteiger charge is 2.40. The number of rotatable bonds is 5. The molecule has 1 aliphatic heterocycles. The van der Waals surface area contributed by atoms with Gasteiger partial charge in [-0.3, -0.25) is 14.5 Å². The predicted octanol–water partition coefficient (Wildman–Crippen LogP) is 6.37. The van der Waals surface area contributed by atoms with Gasteiger partial charge in [-0.2, -0.15) is 5.26 Å². The molecule has 0 radical (unpaired) electrons. The van der Waals surface area contributed by atoms with Gasteiger partial charge >= 0.3 is 0 Å². The van der Waals surface area contributed by atoms with E-state index in [0.717, 1.165) is 11.1 Å². The zero-order chi connectivity index (χ0) is 24.2. The van der Waals surface area contributed by atoms with Gasteiger partial charge in [-0.25, -0.2) is 0 Å². The summed E-state index contributed by atoms with van der Waals surface area (Å²) in [5.41, 5.74) is 2.80. The largest absolute Gasteiger partial charge is 0.320 e. The lowest BCUT2D eigenvalue weighted by Crippen LogP contribution is -2.30. The Kier molecular flexibility index (Phi) is 7.28. The Morgan fingerprint density at radius 1 is 1.09 bits per heavy atom. The van der Waals surface area contributed by atoms with Crippen LogP contribution in [0.1, 0.15) is 11.1 Å². The summed E-state index contributed by atoms with van der Waals surface area (Å²) in [7, 11) is 0. The molecule has 1 saturated heterocycles. The Balaban J connectivity index is 1.73. The molecule has 0 aliphatic carbocycles. The lowest BCUT2D eigenvalue weighted by molar-refractivity contribution is -0.117. The summed E-state index contributed by atoms with van der Waals surface area (Å²) < 4.78 is 0. The molecule has 1 aliphatic rings. The third kappa shape index (κ3) is 5.13. The topological polar surface area (TPSA) is 73.2 Å². The van der Waals surface area contributed by atoms with Crippen LogP contribution in [0.5, 0.6) is 0 Å². The molecule has 5 nitrogen and oxygen atoms in total. The standard InChI is InChI=1S/C26H19Cl2N3O2S/c1-16-6-5-7-17(12-16)13-23-25(33)31(19-8-3-2-4-9-19)26(34-23)20(15-29)24(32)30-22-14-18(27)10-11-21(22)28/h2-12,14,23H,13H2,1H3,(H,30,32)/b26-20-. The summed E-state index contributed by atoms with van der Waals surface area (Å²) in [5, 5.41) is 13.1. The number of nitrogens with zero attached hydrogens (tertiary/aromatic N) is 2. The number of para-hydroxylation sites is 1. The lowest BCUT2D eigenvalue weighted by atomic mass is 10.1. The minimum Gasteiger partial charge on any atom is -0.320 e. The summed E-state index contributed by atoms with van der Waals surface area (Å²) in [6, 6.07) is 23.6. The second-order valence-corrected chi connectivity index (χ2v) is 9.71. The first kappa shape index (κ1) is 23.9. The number of hydrogen-bond acceptors (Lipinski definition) is 4. The van der Waals surface area contributed by atoms with Gasteiger partial charge in [0.1, 0.15) is 16.7 Å². The summed E-state index contributed by atoms with van der Waals surface area (Å²) in [6.45, 7) is 1.99. The smallest absolute Gasteiger partial charge is 0.269 e. The van der Waals surface area contributed by atoms with Crippen molar-refractivity contribution in [1.29, 1.82) is 5.26 Å². The second-order valence-electron chi connectivity index (χ2n) is 7.68. The molecule has 3 aromatic rings. The summed E-state index contributed by atoms with van der Waals surface area (Å²) in [4.78, 5) is 28.1. The molecule has 2 amide bonds. The first-order chi connectivity index (χ1) is 16.4. The van der Waals surface area contributed by atoms with Crippen LogP contribution in [0.3, 0.4) is 0 Å². The van der Waals surface area contributed by atoms with Crippen LogP contribution in [-0.2, 0) is 16.0 Å². The number of amides is 2. The monoisotopic (exact) mass is 507 g/mol. The molecule has 1 N–H and O–H groups in total. The molecule has 4 rings (SSSR count). The van der Waals surface area contributed by atoms with Crippen molar-refractivity contribution in [1.82, 2.24) is 0 Å². The van der Waals surface area contributed by atoms with Crippen molar-refractivity contribution in [2.45, 2.75) is 18.6 Å². The number of thioether (sulfide) groups is 1. The van der Waals surface area contributed by atoms with Crippen LogP contribution >= 0.6 is 35.0 Å². The minimum absolute atomic E-state index is 0.176. The number of nitriles is 1. The number of carbonyl (C=O) groups excluding carboxylic acids is 2. The average molecular weight is 508 g/mol. The van der Waals surface area contributed by atoms with E-state index in [-0.39, 0.29) is 27.2 Å². The summed E-state index contributed by atoms with van der Waals surface area (Å²) >= 11 is 13.4. The first-order valence-corrected chi connectivity index (χ1v) is 12.0. The van der Waals surface area contributed by atoms with E-state index in [4.69, 9.17) is 23.2 Å². The molecule has 0 aromatic heterocycles. The van der Waals surface area contributed by atoms with Crippen LogP contribution in [0.2, 0.25) is 10.0 Å². The fourth-order valence-electron chi connectivity index (χ4n) is 3.63. The molecule has 0 saturated carbocycles. The highest BCUT2D eigenvalue weighted by molar-refractivity contribution is 8.05. The number of aryl methyl sites for hydroxylation is 1. The number of hydrogen-bond donors (Lipinski definition) is 1. The van der Waals surface area contributed by atoms with Crippen molar-refractivity contribution in [3.8, 4) is 6.07 Å². The maximum absolute atomic E-state index is 13.5. The van der Waals surface area contributed by atoms with E-state index in [2.05, 4.69) is 5.32 Å². The van der Waals surface area contributed by atoms with Crippen LogP contribution in [0, 0.1) is 18.3 Å². The van der Waals surface area contributed by atoms with E-state index in [0.29, 0.717) is 17.1 Å². The Hall–Kier alpha value is -3.24. The van der Waals surface area contributed by atoms with Crippen molar-refractivity contribution >= 4 is 58.2 Å². The molecule has 0 spiro atoms. The fraction of sp³-hybridized carbons (Fsp3) is 0.115. The average Bonchev–Trinajstić information content (AvgIpc) is 3.12. The molecule has 1 atom stereocenters. The van der Waals surface area contributed by atoms with Crippen LogP contribution in [0.4, 0.5) is 11.4 Å². The third-order valence-corrected chi connectivity index (χ3v) is 7.03. The Morgan fingerprint density at radius 2 is 1.85 bits per heavy atom. The molecular formula is C26H19Cl2N3O2S. The molecule has 170 valence electrons. The van der Waals surface area contributed by atoms with Gasteiger partial charge in [-0.1, -0.05) is 83.0 Å². The van der Waals surface area contributed by atoms with Gasteiger partial charge in [0.05, 0.1) is 16.0 Å². The van der Waals surface area contributed by atoms with Gasteiger partial charge < -0.3 is 5.32 Å². The van der Waals surface area contributed by atoms with Crippen molar-refractivity contribution in [2.24, 2.45) is 0 Å². The van der Waals surface area contributed by atoms with Gasteiger partial charge in [-0.05, 0) is 49.2 Å². The Morgan fingerprint density at radius 3 is 2.56 bits per heavy atom. The zero-order valence-electron chi connectivity index (χ0n) is 18.1. The van der Waals surface area contributed by atoms with Crippen LogP contribution in [0.25, 0.3) is 0 Å². The molecule has 3 aromatic carbocycles. The number of nitrogens with one attached hydrogen (secondary N) is 1. The van der Waals surface area contributed by atoms with Gasteiger partial charge in [-0.15, -0.1) is 0 Å². The van der Waals surface area contributed by atoms with E-state index in [1.165, 1.54) is 22.7 Å². The highest BCUT2D eigenvalue weighted by Crippen LogP contribution is 2.42. The Labute approximate surface area is 212 Å². The van der Waals surface area contributed by atoms with Crippen LogP contribution in [-0.4, -0.2) is 17.1 Å². The summed E-state index contributed by atoms with van der Waals surface area (Å²) in [5.74, 6) is -0.854. The fourth-order valence-corrected chi connectivity index (χ4v) is 5.28. The van der Waals surface area contributed by atoms with Gasteiger partial charge in [0.25, 0.3) is 5.91 Å². The molecule has 34 heavy (non-hydrogen) atoms. The van der Waals surface area contributed by atoms with E-state index < -0.39 is 11.2 Å². The Bertz CT molecular complexity index is 1340. The number of anilines is 2. The molecular weight excluding hydrogens is 489 g/mol. The predicted molar refractivity (Wildman–Crippen MR) is 138 cm³/mol. The lowest BCUT2D eigenvalue weighted by Gasteiger charge is -2.18. The maximum atomic E-state index is 13.5. The normalized spacial score (nSPS) is 16.8. The molecule has 1 fully saturated rings. The number of carbonyl (C=O) groups is 2. The quantitative estimate of drug-likeness (QED) is 0.321. The van der Waals surface area contributed by atoms with Gasteiger partial charge in [0.2, 0.25) is 5.91 Å². The second kappa shape index (κ2) is 10.4. The van der Waals surface area contributed by atoms with Gasteiger partial charge in [0, 0.05) is 10.7 Å². The minimum atomic E-state index is -0.667. The summed E-state index contributed by atoms with van der Waals surface area (Å²) in [6.07, 6.45) is 0.471. The molecule has 1 unspecified atom stereocenters. The van der Waals surface area contributed by atoms with Crippen molar-refractivity contribution in [3.05, 3.63) is 105 Å². The van der Waals surface area contributed by atoms with Crippen molar-refractivity contribution < 1.29 is 9.59 Å². The van der Waals surface area contributed by atoms with Gasteiger partial charge in [0.15, 0.2) is 0 Å². The van der Waals surface area contributed by atoms with E-state index in [1.807, 2.05) is 43.3 Å². The molecule has 8 heteroatoms. The highest BCUT2D eigenvalue weighted by atomic mass is 35.5. The van der Waals surface area contributed by atoms with E-state index in [9.17, 15) is 14.9 Å². The number of halogens is 2. The molecule has 1 heterocycles. The third-order valence-electron chi connectivity index (χ3n) is 5.20. The molecule has 0 bridgehead atoms.